The molecule has 0 unspecified atom stereocenters. The average Bonchev–Trinajstić information content (AvgIpc) is 2.47. The van der Waals surface area contributed by atoms with Gasteiger partial charge in [-0.05, 0) is 60.4 Å². The Bertz CT molecular complexity index is 625. The monoisotopic (exact) mass is 265 g/mol. The highest BCUT2D eigenvalue weighted by Gasteiger charge is 2.27. The van der Waals surface area contributed by atoms with E-state index in [0.29, 0.717) is 5.41 Å². The topological polar surface area (TPSA) is 12.9 Å². The van der Waals surface area contributed by atoms with E-state index in [1.54, 1.807) is 0 Å². The van der Waals surface area contributed by atoms with Crippen LogP contribution >= 0.6 is 0 Å². The van der Waals surface area contributed by atoms with Crippen molar-refractivity contribution in [2.75, 3.05) is 0 Å². The highest BCUT2D eigenvalue weighted by Crippen LogP contribution is 2.38. The number of nitrogens with zero attached hydrogens (tertiary/aromatic N) is 1. The molecule has 1 aromatic carbocycles. The Labute approximate surface area is 122 Å². The maximum atomic E-state index is 4.76. The van der Waals surface area contributed by atoms with Gasteiger partial charge >= 0.3 is 0 Å². The number of aryl methyl sites for hydroxylation is 2. The second-order valence-corrected chi connectivity index (χ2v) is 6.48. The van der Waals surface area contributed by atoms with Crippen molar-refractivity contribution in [3.05, 3.63) is 53.2 Å². The molecule has 2 aromatic rings. The van der Waals surface area contributed by atoms with Crippen molar-refractivity contribution in [3.63, 3.8) is 0 Å². The van der Waals surface area contributed by atoms with Crippen molar-refractivity contribution in [1.29, 1.82) is 0 Å². The van der Waals surface area contributed by atoms with Crippen molar-refractivity contribution in [2.45, 2.75) is 51.9 Å². The lowest BCUT2D eigenvalue weighted by molar-refractivity contribution is 0.432. The molecule has 0 amide bonds. The molecule has 1 heterocycles. The second kappa shape index (κ2) is 5.05. The number of aromatic nitrogens is 1. The highest BCUT2D eigenvalue weighted by molar-refractivity contribution is 5.62. The van der Waals surface area contributed by atoms with Crippen LogP contribution in [0.4, 0.5) is 0 Å². The third-order valence-electron chi connectivity index (χ3n) is 4.55. The second-order valence-electron chi connectivity index (χ2n) is 6.48. The Hall–Kier alpha value is -1.63. The van der Waals surface area contributed by atoms with E-state index in [-0.39, 0.29) is 0 Å². The predicted molar refractivity (Wildman–Crippen MR) is 85.0 cm³/mol. The minimum atomic E-state index is 0.298. The van der Waals surface area contributed by atoms with E-state index in [4.69, 9.17) is 4.98 Å². The summed E-state index contributed by atoms with van der Waals surface area (Å²) in [5.74, 6) is 0. The van der Waals surface area contributed by atoms with E-state index in [1.807, 2.05) is 0 Å². The largest absolute Gasteiger partial charge is 0.253 e. The van der Waals surface area contributed by atoms with Crippen LogP contribution < -0.4 is 0 Å². The lowest BCUT2D eigenvalue weighted by Gasteiger charge is -2.33. The van der Waals surface area contributed by atoms with Gasteiger partial charge in [-0.2, -0.15) is 0 Å². The Morgan fingerprint density at radius 3 is 2.80 bits per heavy atom. The Morgan fingerprint density at radius 1 is 1.15 bits per heavy atom. The molecule has 1 nitrogen and oxygen atoms in total. The summed E-state index contributed by atoms with van der Waals surface area (Å²) in [5, 5.41) is 0. The number of benzene rings is 1. The highest BCUT2D eigenvalue weighted by atomic mass is 14.7. The quantitative estimate of drug-likeness (QED) is 0.750. The molecule has 104 valence electrons. The summed E-state index contributed by atoms with van der Waals surface area (Å²) in [6, 6.07) is 13.3. The Kier molecular flexibility index (Phi) is 3.37. The number of hydrogen-bond acceptors (Lipinski definition) is 1. The smallest absolute Gasteiger partial charge is 0.0705 e. The molecular weight excluding hydrogens is 242 g/mol. The fraction of sp³-hybridized carbons (Fsp3) is 0.421. The first-order chi connectivity index (χ1) is 9.60. The van der Waals surface area contributed by atoms with Crippen molar-refractivity contribution in [2.24, 2.45) is 0 Å². The standard InChI is InChI=1S/C19H23N/c1-4-16-8-5-9-18(20-16)15-11-10-14-7-6-12-19(2,3)17(14)13-15/h5,8-11,13H,4,6-7,12H2,1-3H3. The minimum absolute atomic E-state index is 0.298. The third kappa shape index (κ3) is 2.37. The molecule has 0 atom stereocenters. The summed E-state index contributed by atoms with van der Waals surface area (Å²) in [6.45, 7) is 6.89. The lowest BCUT2D eigenvalue weighted by Crippen LogP contribution is -2.23. The first-order valence-corrected chi connectivity index (χ1v) is 7.70. The summed E-state index contributed by atoms with van der Waals surface area (Å²) in [7, 11) is 0. The predicted octanol–water partition coefficient (Wildman–Crippen LogP) is 4.92. The number of hydrogen-bond donors (Lipinski definition) is 0. The van der Waals surface area contributed by atoms with E-state index in [2.05, 4.69) is 57.2 Å². The zero-order valence-electron chi connectivity index (χ0n) is 12.7. The van der Waals surface area contributed by atoms with Gasteiger partial charge < -0.3 is 0 Å². The Balaban J connectivity index is 2.07. The van der Waals surface area contributed by atoms with Crippen LogP contribution in [-0.4, -0.2) is 4.98 Å². The van der Waals surface area contributed by atoms with Crippen LogP contribution in [0.1, 0.15) is 50.4 Å². The molecule has 0 fully saturated rings. The maximum Gasteiger partial charge on any atom is 0.0705 e. The van der Waals surface area contributed by atoms with Crippen LogP contribution in [0.3, 0.4) is 0 Å². The molecule has 1 aliphatic carbocycles. The maximum absolute atomic E-state index is 4.76. The number of fused-ring (bicyclic) bond motifs is 1. The van der Waals surface area contributed by atoms with Crippen molar-refractivity contribution in [3.8, 4) is 11.3 Å². The zero-order chi connectivity index (χ0) is 14.2. The van der Waals surface area contributed by atoms with Crippen LogP contribution in [0.2, 0.25) is 0 Å². The molecule has 0 spiro atoms. The molecule has 20 heavy (non-hydrogen) atoms. The average molecular weight is 265 g/mol. The number of rotatable bonds is 2. The molecule has 0 saturated heterocycles. The van der Waals surface area contributed by atoms with Crippen LogP contribution in [0, 0.1) is 0 Å². The van der Waals surface area contributed by atoms with E-state index in [0.717, 1.165) is 12.1 Å². The fourth-order valence-electron chi connectivity index (χ4n) is 3.28. The summed E-state index contributed by atoms with van der Waals surface area (Å²) < 4.78 is 0. The van der Waals surface area contributed by atoms with Gasteiger partial charge in [0.1, 0.15) is 0 Å². The van der Waals surface area contributed by atoms with Gasteiger partial charge in [0.15, 0.2) is 0 Å². The normalized spacial score (nSPS) is 16.8. The first-order valence-electron chi connectivity index (χ1n) is 7.70. The van der Waals surface area contributed by atoms with Gasteiger partial charge in [0.05, 0.1) is 5.69 Å². The minimum Gasteiger partial charge on any atom is -0.253 e. The van der Waals surface area contributed by atoms with Gasteiger partial charge in [-0.25, -0.2) is 0 Å². The molecule has 1 aliphatic rings. The summed E-state index contributed by atoms with van der Waals surface area (Å²) >= 11 is 0. The first kappa shape index (κ1) is 13.4. The summed E-state index contributed by atoms with van der Waals surface area (Å²) in [4.78, 5) is 4.76. The molecule has 0 bridgehead atoms. The Morgan fingerprint density at radius 2 is 2.00 bits per heavy atom. The van der Waals surface area contributed by atoms with Gasteiger partial charge in [0.2, 0.25) is 0 Å². The van der Waals surface area contributed by atoms with Crippen LogP contribution in [0.5, 0.6) is 0 Å². The molecule has 3 rings (SSSR count). The molecular formula is C19H23N. The van der Waals surface area contributed by atoms with Crippen LogP contribution in [0.15, 0.2) is 36.4 Å². The lowest BCUT2D eigenvalue weighted by atomic mass is 9.72. The van der Waals surface area contributed by atoms with E-state index < -0.39 is 0 Å². The molecule has 0 radical (unpaired) electrons. The van der Waals surface area contributed by atoms with E-state index in [1.165, 1.54) is 41.6 Å². The molecule has 0 aliphatic heterocycles. The van der Waals surface area contributed by atoms with Gasteiger partial charge in [-0.1, -0.05) is 39.0 Å². The fourth-order valence-corrected chi connectivity index (χ4v) is 3.28. The molecule has 1 heteroatoms. The van der Waals surface area contributed by atoms with Gasteiger partial charge in [0, 0.05) is 11.3 Å². The molecule has 0 saturated carbocycles. The van der Waals surface area contributed by atoms with Crippen LogP contribution in [0.25, 0.3) is 11.3 Å². The van der Waals surface area contributed by atoms with Crippen molar-refractivity contribution >= 4 is 0 Å². The van der Waals surface area contributed by atoms with Gasteiger partial charge in [-0.15, -0.1) is 0 Å². The molecule has 0 N–H and O–H groups in total. The van der Waals surface area contributed by atoms with Crippen molar-refractivity contribution in [1.82, 2.24) is 4.98 Å². The SMILES string of the molecule is CCc1cccc(-c2ccc3c(c2)C(C)(C)CCC3)n1. The summed E-state index contributed by atoms with van der Waals surface area (Å²) in [5.41, 5.74) is 6.87. The van der Waals surface area contributed by atoms with E-state index >= 15 is 0 Å². The zero-order valence-corrected chi connectivity index (χ0v) is 12.7. The number of pyridine rings is 1. The molecule has 1 aromatic heterocycles. The van der Waals surface area contributed by atoms with Crippen molar-refractivity contribution < 1.29 is 0 Å². The van der Waals surface area contributed by atoms with E-state index in [9.17, 15) is 0 Å². The van der Waals surface area contributed by atoms with Gasteiger partial charge in [0.25, 0.3) is 0 Å². The summed E-state index contributed by atoms with van der Waals surface area (Å²) in [6.07, 6.45) is 4.81. The third-order valence-corrected chi connectivity index (χ3v) is 4.55. The van der Waals surface area contributed by atoms with Gasteiger partial charge in [-0.3, -0.25) is 4.98 Å². The van der Waals surface area contributed by atoms with Crippen LogP contribution in [-0.2, 0) is 18.3 Å².